The molecule has 0 aliphatic rings. The molecular formula is C12H22N2S. The van der Waals surface area contributed by atoms with Gasteiger partial charge in [-0.05, 0) is 18.4 Å². The van der Waals surface area contributed by atoms with E-state index in [4.69, 9.17) is 0 Å². The normalized spacial score (nSPS) is 12.0. The van der Waals surface area contributed by atoms with Gasteiger partial charge >= 0.3 is 0 Å². The molecule has 1 N–H and O–H groups in total. The number of thiazole rings is 1. The molecule has 0 amide bonds. The van der Waals surface area contributed by atoms with Crippen LogP contribution in [-0.4, -0.2) is 11.5 Å². The minimum Gasteiger partial charge on any atom is -0.312 e. The Morgan fingerprint density at radius 3 is 2.73 bits per heavy atom. The maximum Gasteiger partial charge on any atom is 0.0933 e. The van der Waals surface area contributed by atoms with E-state index in [0.717, 1.165) is 19.5 Å². The largest absolute Gasteiger partial charge is 0.312 e. The van der Waals surface area contributed by atoms with E-state index in [-0.39, 0.29) is 0 Å². The molecular weight excluding hydrogens is 204 g/mol. The van der Waals surface area contributed by atoms with E-state index in [2.05, 4.69) is 38.0 Å². The van der Waals surface area contributed by atoms with Crippen LogP contribution in [0.4, 0.5) is 0 Å². The van der Waals surface area contributed by atoms with Crippen LogP contribution in [0.3, 0.4) is 0 Å². The van der Waals surface area contributed by atoms with Crippen molar-refractivity contribution in [1.82, 2.24) is 10.3 Å². The van der Waals surface area contributed by atoms with Crippen LogP contribution in [-0.2, 0) is 13.0 Å². The van der Waals surface area contributed by atoms with Crippen molar-refractivity contribution in [1.29, 1.82) is 0 Å². The molecule has 0 atom stereocenters. The van der Waals surface area contributed by atoms with Crippen LogP contribution in [0, 0.1) is 5.41 Å². The molecule has 0 saturated heterocycles. The Kier molecular flexibility index (Phi) is 4.74. The second kappa shape index (κ2) is 5.61. The molecule has 0 aromatic carbocycles. The third-order valence-corrected chi connectivity index (χ3v) is 3.01. The smallest absolute Gasteiger partial charge is 0.0933 e. The summed E-state index contributed by atoms with van der Waals surface area (Å²) in [7, 11) is 0. The second-order valence-electron chi connectivity index (χ2n) is 5.13. The molecule has 1 aromatic rings. The van der Waals surface area contributed by atoms with E-state index in [9.17, 15) is 0 Å². The minimum absolute atomic E-state index is 0.339. The highest BCUT2D eigenvalue weighted by Crippen LogP contribution is 2.23. The molecule has 2 nitrogen and oxygen atoms in total. The molecule has 0 radical (unpaired) electrons. The van der Waals surface area contributed by atoms with Gasteiger partial charge in [0.15, 0.2) is 0 Å². The maximum absolute atomic E-state index is 4.46. The molecule has 1 aromatic heterocycles. The molecule has 0 bridgehead atoms. The van der Waals surface area contributed by atoms with Crippen LogP contribution in [0.15, 0.2) is 6.20 Å². The molecule has 3 heteroatoms. The van der Waals surface area contributed by atoms with Crippen LogP contribution in [0.1, 0.15) is 44.0 Å². The zero-order valence-corrected chi connectivity index (χ0v) is 11.1. The van der Waals surface area contributed by atoms with E-state index < -0.39 is 0 Å². The lowest BCUT2D eigenvalue weighted by atomic mass is 9.93. The molecule has 0 aliphatic carbocycles. The minimum atomic E-state index is 0.339. The Morgan fingerprint density at radius 2 is 2.13 bits per heavy atom. The quantitative estimate of drug-likeness (QED) is 0.780. The van der Waals surface area contributed by atoms with E-state index in [0.29, 0.717) is 5.41 Å². The van der Waals surface area contributed by atoms with Crippen molar-refractivity contribution in [3.63, 3.8) is 0 Å². The first-order chi connectivity index (χ1) is 7.01. The van der Waals surface area contributed by atoms with E-state index >= 15 is 0 Å². The lowest BCUT2D eigenvalue weighted by Crippen LogP contribution is -2.12. The Labute approximate surface area is 97.1 Å². The Morgan fingerprint density at radius 1 is 1.40 bits per heavy atom. The van der Waals surface area contributed by atoms with Crippen LogP contribution in [0.2, 0.25) is 0 Å². The van der Waals surface area contributed by atoms with Crippen molar-refractivity contribution in [3.05, 3.63) is 16.1 Å². The first kappa shape index (κ1) is 12.7. The van der Waals surface area contributed by atoms with E-state index in [1.165, 1.54) is 16.3 Å². The van der Waals surface area contributed by atoms with Crippen LogP contribution < -0.4 is 5.32 Å². The Hall–Kier alpha value is -0.410. The molecule has 86 valence electrons. The molecule has 0 unspecified atom stereocenters. The number of rotatable bonds is 5. The number of hydrogen-bond donors (Lipinski definition) is 1. The van der Waals surface area contributed by atoms with Crippen molar-refractivity contribution in [2.24, 2.45) is 5.41 Å². The highest BCUT2D eigenvalue weighted by molar-refractivity contribution is 7.11. The van der Waals surface area contributed by atoms with Crippen LogP contribution in [0.5, 0.6) is 0 Å². The standard InChI is InChI=1S/C12H22N2S/c1-5-6-13-8-10-9-14-11(15-10)7-12(2,3)4/h9,13H,5-8H2,1-4H3. The van der Waals surface area contributed by atoms with Gasteiger partial charge in [-0.2, -0.15) is 0 Å². The highest BCUT2D eigenvalue weighted by atomic mass is 32.1. The van der Waals surface area contributed by atoms with Crippen molar-refractivity contribution < 1.29 is 0 Å². The lowest BCUT2D eigenvalue weighted by molar-refractivity contribution is 0.410. The van der Waals surface area contributed by atoms with Gasteiger partial charge in [0.25, 0.3) is 0 Å². The van der Waals surface area contributed by atoms with E-state index in [1.54, 1.807) is 0 Å². The summed E-state index contributed by atoms with van der Waals surface area (Å²) in [5, 5.41) is 4.66. The van der Waals surface area contributed by atoms with Crippen LogP contribution >= 0.6 is 11.3 Å². The van der Waals surface area contributed by atoms with Gasteiger partial charge in [-0.15, -0.1) is 11.3 Å². The lowest BCUT2D eigenvalue weighted by Gasteiger charge is -2.15. The number of aromatic nitrogens is 1. The highest BCUT2D eigenvalue weighted by Gasteiger charge is 2.13. The summed E-state index contributed by atoms with van der Waals surface area (Å²) >= 11 is 1.84. The summed E-state index contributed by atoms with van der Waals surface area (Å²) in [6.07, 6.45) is 4.27. The summed E-state index contributed by atoms with van der Waals surface area (Å²) < 4.78 is 0. The first-order valence-electron chi connectivity index (χ1n) is 5.65. The van der Waals surface area contributed by atoms with Crippen molar-refractivity contribution in [3.8, 4) is 0 Å². The summed E-state index contributed by atoms with van der Waals surface area (Å²) in [4.78, 5) is 5.81. The number of hydrogen-bond acceptors (Lipinski definition) is 3. The fourth-order valence-electron chi connectivity index (χ4n) is 1.35. The molecule has 1 heterocycles. The Balaban J connectivity index is 2.42. The average molecular weight is 226 g/mol. The second-order valence-corrected chi connectivity index (χ2v) is 6.33. The van der Waals surface area contributed by atoms with Crippen molar-refractivity contribution >= 4 is 11.3 Å². The molecule has 15 heavy (non-hydrogen) atoms. The molecule has 0 aliphatic heterocycles. The van der Waals surface area contributed by atoms with Crippen LogP contribution in [0.25, 0.3) is 0 Å². The summed E-state index contributed by atoms with van der Waals surface area (Å²) in [5.74, 6) is 0. The predicted molar refractivity (Wildman–Crippen MR) is 67.3 cm³/mol. The maximum atomic E-state index is 4.46. The first-order valence-corrected chi connectivity index (χ1v) is 6.47. The SMILES string of the molecule is CCCNCc1cnc(CC(C)(C)C)s1. The van der Waals surface area contributed by atoms with Crippen molar-refractivity contribution in [2.45, 2.75) is 47.1 Å². The molecule has 0 saturated carbocycles. The van der Waals surface area contributed by atoms with Crippen molar-refractivity contribution in [2.75, 3.05) is 6.54 Å². The van der Waals surface area contributed by atoms with Gasteiger partial charge in [-0.1, -0.05) is 27.7 Å². The summed E-state index contributed by atoms with van der Waals surface area (Å²) in [5.41, 5.74) is 0.339. The predicted octanol–water partition coefficient (Wildman–Crippen LogP) is 3.23. The fraction of sp³-hybridized carbons (Fsp3) is 0.750. The molecule has 0 fully saturated rings. The number of nitrogens with zero attached hydrogens (tertiary/aromatic N) is 1. The average Bonchev–Trinajstić information content (AvgIpc) is 2.50. The topological polar surface area (TPSA) is 24.9 Å². The fourth-order valence-corrected chi connectivity index (χ4v) is 2.55. The van der Waals surface area contributed by atoms with Gasteiger partial charge in [0.2, 0.25) is 0 Å². The third kappa shape index (κ3) is 5.28. The van der Waals surface area contributed by atoms with Gasteiger partial charge in [-0.3, -0.25) is 0 Å². The van der Waals surface area contributed by atoms with E-state index in [1.807, 2.05) is 17.5 Å². The van der Waals surface area contributed by atoms with Gasteiger partial charge in [0.1, 0.15) is 0 Å². The summed E-state index contributed by atoms with van der Waals surface area (Å²) in [6, 6.07) is 0. The molecule has 1 rings (SSSR count). The monoisotopic (exact) mass is 226 g/mol. The van der Waals surface area contributed by atoms with Gasteiger partial charge in [0.05, 0.1) is 5.01 Å². The van der Waals surface area contributed by atoms with Gasteiger partial charge in [0, 0.05) is 24.0 Å². The third-order valence-electron chi connectivity index (χ3n) is 2.01. The van der Waals surface area contributed by atoms with Gasteiger partial charge < -0.3 is 5.32 Å². The Bertz CT molecular complexity index is 286. The molecule has 0 spiro atoms. The number of nitrogens with one attached hydrogen (secondary N) is 1. The zero-order valence-electron chi connectivity index (χ0n) is 10.3. The zero-order chi connectivity index (χ0) is 11.3. The summed E-state index contributed by atoms with van der Waals surface area (Å²) in [6.45, 7) is 11.0. The van der Waals surface area contributed by atoms with Gasteiger partial charge in [-0.25, -0.2) is 4.98 Å².